The van der Waals surface area contributed by atoms with Crippen molar-refractivity contribution in [1.29, 1.82) is 0 Å². The fourth-order valence-corrected chi connectivity index (χ4v) is 5.02. The number of hydrogen-bond acceptors (Lipinski definition) is 6. The average Bonchev–Trinajstić information content (AvgIpc) is 2.92. The molecular weight excluding hydrogens is 497 g/mol. The molecule has 0 bridgehead atoms. The number of aromatic hydroxyl groups is 1. The highest BCUT2D eigenvalue weighted by molar-refractivity contribution is 6.01. The Morgan fingerprint density at radius 3 is 2.62 bits per heavy atom. The number of phenolic OH excluding ortho intramolecular Hbond substituents is 1. The van der Waals surface area contributed by atoms with Crippen LogP contribution in [0, 0.1) is 6.92 Å². The number of esters is 1. The molecule has 0 amide bonds. The maximum Gasteiger partial charge on any atom is 0.336 e. The number of carbonyl (C=O) groups excluding carboxylic acids is 2. The van der Waals surface area contributed by atoms with Gasteiger partial charge in [0.25, 0.3) is 0 Å². The third-order valence-electron chi connectivity index (χ3n) is 7.11. The maximum absolute atomic E-state index is 13.9. The Morgan fingerprint density at radius 1 is 1.13 bits per heavy atom. The van der Waals surface area contributed by atoms with Crippen molar-refractivity contribution >= 4 is 11.8 Å². The summed E-state index contributed by atoms with van der Waals surface area (Å²) in [5.74, 6) is 0.392. The number of para-hydroxylation sites is 1. The van der Waals surface area contributed by atoms with Gasteiger partial charge in [-0.3, -0.25) is 4.79 Å². The summed E-state index contributed by atoms with van der Waals surface area (Å²) in [5.41, 5.74) is 5.07. The van der Waals surface area contributed by atoms with Gasteiger partial charge in [0.15, 0.2) is 5.78 Å². The normalized spacial score (nSPS) is 18.7. The summed E-state index contributed by atoms with van der Waals surface area (Å²) in [6.45, 7) is 3.64. The second kappa shape index (κ2) is 12.6. The summed E-state index contributed by atoms with van der Waals surface area (Å²) in [6, 6.07) is 14.9. The number of rotatable bonds is 5. The summed E-state index contributed by atoms with van der Waals surface area (Å²) >= 11 is 0. The Morgan fingerprint density at radius 2 is 1.92 bits per heavy atom. The van der Waals surface area contributed by atoms with Gasteiger partial charge in [-0.15, -0.1) is 0 Å². The molecule has 0 fully saturated rings. The van der Waals surface area contributed by atoms with E-state index in [4.69, 9.17) is 14.6 Å². The fourth-order valence-electron chi connectivity index (χ4n) is 5.02. The van der Waals surface area contributed by atoms with E-state index in [0.29, 0.717) is 53.8 Å². The standard InChI is InChI=1S/C25H26FNO4.C7H8O/c1-15-19(25(29)31-14-16-7-3-5-9-21(16)26)13-20-22(27-15)11-17(12-23(20)28)18-8-4-6-10-24(18)30-2;1-6-3-2-4-7(8)5-6/h3-4,6-8,10,17,27H,5,9,11-14H2,1-2H3;2-5,8H,1H3/t17-;/m1./s1. The number of hydrogen-bond donors (Lipinski definition) is 2. The van der Waals surface area contributed by atoms with Crippen molar-refractivity contribution in [2.75, 3.05) is 13.7 Å². The van der Waals surface area contributed by atoms with Crippen LogP contribution in [0.15, 0.2) is 94.6 Å². The molecule has 1 atom stereocenters. The molecule has 5 rings (SSSR count). The van der Waals surface area contributed by atoms with Gasteiger partial charge in [0, 0.05) is 47.7 Å². The quantitative estimate of drug-likeness (QED) is 0.430. The molecule has 1 aliphatic heterocycles. The maximum atomic E-state index is 13.9. The van der Waals surface area contributed by atoms with Crippen LogP contribution in [-0.2, 0) is 14.3 Å². The average molecular weight is 532 g/mol. The van der Waals surface area contributed by atoms with Crippen LogP contribution in [0.5, 0.6) is 11.5 Å². The van der Waals surface area contributed by atoms with E-state index in [1.165, 1.54) is 0 Å². The number of nitrogens with one attached hydrogen (secondary N) is 1. The molecule has 1 heterocycles. The summed E-state index contributed by atoms with van der Waals surface area (Å²) < 4.78 is 24.7. The number of benzene rings is 2. The monoisotopic (exact) mass is 531 g/mol. The molecule has 0 saturated heterocycles. The van der Waals surface area contributed by atoms with Crippen LogP contribution in [0.2, 0.25) is 0 Å². The van der Waals surface area contributed by atoms with E-state index in [1.54, 1.807) is 32.2 Å². The lowest BCUT2D eigenvalue weighted by Gasteiger charge is -2.32. The molecule has 6 nitrogen and oxygen atoms in total. The third kappa shape index (κ3) is 6.85. The van der Waals surface area contributed by atoms with Crippen LogP contribution < -0.4 is 10.1 Å². The van der Waals surface area contributed by atoms with Crippen molar-refractivity contribution in [2.24, 2.45) is 0 Å². The Kier molecular flexibility index (Phi) is 9.02. The number of ether oxygens (including phenoxy) is 2. The first-order chi connectivity index (χ1) is 18.8. The number of halogens is 1. The fraction of sp³-hybridized carbons (Fsp3) is 0.312. The Balaban J connectivity index is 0.000000379. The molecule has 2 aliphatic carbocycles. The number of Topliss-reactive ketones (excluding diaryl/α,β-unsaturated/α-hetero) is 1. The van der Waals surface area contributed by atoms with Gasteiger partial charge in [-0.25, -0.2) is 9.18 Å². The van der Waals surface area contributed by atoms with E-state index in [1.807, 2.05) is 49.4 Å². The van der Waals surface area contributed by atoms with Crippen molar-refractivity contribution < 1.29 is 28.6 Å². The molecule has 0 saturated carbocycles. The number of dihydropyridines is 1. The van der Waals surface area contributed by atoms with Gasteiger partial charge in [-0.2, -0.15) is 0 Å². The van der Waals surface area contributed by atoms with Crippen molar-refractivity contribution in [3.63, 3.8) is 0 Å². The van der Waals surface area contributed by atoms with E-state index in [9.17, 15) is 14.0 Å². The highest BCUT2D eigenvalue weighted by Gasteiger charge is 2.34. The zero-order valence-corrected chi connectivity index (χ0v) is 22.6. The molecule has 204 valence electrons. The van der Waals surface area contributed by atoms with Gasteiger partial charge in [-0.1, -0.05) is 42.5 Å². The molecule has 39 heavy (non-hydrogen) atoms. The van der Waals surface area contributed by atoms with Crippen molar-refractivity contribution in [3.05, 3.63) is 106 Å². The molecule has 0 unspecified atom stereocenters. The molecule has 7 heteroatoms. The minimum Gasteiger partial charge on any atom is -0.508 e. The predicted molar refractivity (Wildman–Crippen MR) is 148 cm³/mol. The number of aryl methyl sites for hydroxylation is 1. The highest BCUT2D eigenvalue weighted by Crippen LogP contribution is 2.41. The van der Waals surface area contributed by atoms with Crippen LogP contribution in [0.1, 0.15) is 56.1 Å². The first-order valence-electron chi connectivity index (χ1n) is 13.1. The first-order valence-corrected chi connectivity index (χ1v) is 13.1. The van der Waals surface area contributed by atoms with Crippen LogP contribution in [-0.4, -0.2) is 30.6 Å². The van der Waals surface area contributed by atoms with E-state index in [0.717, 1.165) is 22.6 Å². The molecule has 0 spiro atoms. The van der Waals surface area contributed by atoms with E-state index >= 15 is 0 Å². The zero-order valence-electron chi connectivity index (χ0n) is 22.6. The second-order valence-corrected chi connectivity index (χ2v) is 9.92. The summed E-state index contributed by atoms with van der Waals surface area (Å²) in [4.78, 5) is 25.6. The molecular formula is C32H34FNO5. The number of ketones is 1. The van der Waals surface area contributed by atoms with Gasteiger partial charge in [0.05, 0.1) is 12.7 Å². The lowest BCUT2D eigenvalue weighted by Crippen LogP contribution is -2.31. The molecule has 2 aromatic carbocycles. The van der Waals surface area contributed by atoms with Gasteiger partial charge in [0.1, 0.15) is 23.9 Å². The number of phenols is 1. The lowest BCUT2D eigenvalue weighted by atomic mass is 9.78. The van der Waals surface area contributed by atoms with E-state index in [2.05, 4.69) is 5.32 Å². The van der Waals surface area contributed by atoms with Crippen LogP contribution in [0.25, 0.3) is 0 Å². The second-order valence-electron chi connectivity index (χ2n) is 9.92. The summed E-state index contributed by atoms with van der Waals surface area (Å²) in [5, 5.41) is 12.1. The largest absolute Gasteiger partial charge is 0.508 e. The van der Waals surface area contributed by atoms with Crippen molar-refractivity contribution in [3.8, 4) is 11.5 Å². The first kappa shape index (κ1) is 27.9. The predicted octanol–water partition coefficient (Wildman–Crippen LogP) is 6.48. The minimum absolute atomic E-state index is 0.0178. The topological polar surface area (TPSA) is 84.9 Å². The van der Waals surface area contributed by atoms with Crippen LogP contribution in [0.3, 0.4) is 0 Å². The van der Waals surface area contributed by atoms with Gasteiger partial charge in [-0.05, 0) is 56.0 Å². The molecule has 2 aromatic rings. The SMILES string of the molecule is COc1ccccc1[C@H]1CC(=O)C2=C(C1)NC(C)=C(C(=O)OCC1=C(F)CCC=C1)C2.Cc1cccc(O)c1. The highest BCUT2D eigenvalue weighted by atomic mass is 19.1. The molecule has 2 N–H and O–H groups in total. The number of methoxy groups -OCH3 is 1. The van der Waals surface area contributed by atoms with Crippen molar-refractivity contribution in [1.82, 2.24) is 5.32 Å². The summed E-state index contributed by atoms with van der Waals surface area (Å²) in [6.07, 6.45) is 5.80. The van der Waals surface area contributed by atoms with E-state index in [-0.39, 0.29) is 30.6 Å². The summed E-state index contributed by atoms with van der Waals surface area (Å²) in [7, 11) is 1.63. The van der Waals surface area contributed by atoms with Gasteiger partial charge in [0.2, 0.25) is 0 Å². The van der Waals surface area contributed by atoms with Crippen LogP contribution >= 0.6 is 0 Å². The van der Waals surface area contributed by atoms with Gasteiger partial charge >= 0.3 is 5.97 Å². The lowest BCUT2D eigenvalue weighted by molar-refractivity contribution is -0.138. The molecule has 0 radical (unpaired) electrons. The molecule has 0 aromatic heterocycles. The smallest absolute Gasteiger partial charge is 0.336 e. The Hall–Kier alpha value is -4.13. The van der Waals surface area contributed by atoms with Crippen molar-refractivity contribution in [2.45, 2.75) is 51.9 Å². The van der Waals surface area contributed by atoms with Crippen LogP contribution in [0.4, 0.5) is 4.39 Å². The Bertz CT molecular complexity index is 1370. The van der Waals surface area contributed by atoms with E-state index < -0.39 is 5.97 Å². The minimum atomic E-state index is -0.518. The number of allylic oxidation sites excluding steroid dienone is 5. The molecule has 3 aliphatic rings. The van der Waals surface area contributed by atoms with Gasteiger partial charge < -0.3 is 19.9 Å². The number of carbonyl (C=O) groups is 2. The Labute approximate surface area is 228 Å². The third-order valence-corrected chi connectivity index (χ3v) is 7.11. The zero-order chi connectivity index (χ0) is 27.9.